The Balaban J connectivity index is 1.56. The summed E-state index contributed by atoms with van der Waals surface area (Å²) < 4.78 is 0. The normalized spacial score (nSPS) is 20.8. The van der Waals surface area contributed by atoms with Crippen molar-refractivity contribution in [3.05, 3.63) is 22.4 Å². The fourth-order valence-corrected chi connectivity index (χ4v) is 4.53. The molecule has 1 aromatic heterocycles. The van der Waals surface area contributed by atoms with Crippen molar-refractivity contribution in [1.29, 1.82) is 0 Å². The molecular weight excluding hydrogens is 334 g/mol. The van der Waals surface area contributed by atoms with E-state index in [1.54, 1.807) is 6.07 Å². The Morgan fingerprint density at radius 2 is 1.84 bits per heavy atom. The second-order valence-electron chi connectivity index (χ2n) is 7.47. The first kappa shape index (κ1) is 18.4. The highest BCUT2D eigenvalue weighted by Crippen LogP contribution is 2.24. The maximum Gasteiger partial charge on any atom is 0.262 e. The number of nitrogens with one attached hydrogen (secondary N) is 1. The van der Waals surface area contributed by atoms with Crippen molar-refractivity contribution in [1.82, 2.24) is 15.1 Å². The van der Waals surface area contributed by atoms with Gasteiger partial charge in [-0.3, -0.25) is 14.5 Å². The minimum atomic E-state index is -0.451. The Labute approximate surface area is 154 Å². The standard InChI is InChI=1S/C19H29N3O2S/c1-14(2)17(20-18(23)16-8-5-13-25-16)19(24)22-11-9-21(10-12-22)15-6-3-4-7-15/h5,8,13-15,17H,3-4,6-7,9-12H2,1-2H3,(H,20,23). The number of carbonyl (C=O) groups excluding carboxylic acids is 2. The molecule has 2 aliphatic rings. The second kappa shape index (κ2) is 8.32. The molecule has 1 N–H and O–H groups in total. The number of hydrogen-bond acceptors (Lipinski definition) is 4. The second-order valence-corrected chi connectivity index (χ2v) is 8.42. The summed E-state index contributed by atoms with van der Waals surface area (Å²) in [6.07, 6.45) is 5.29. The summed E-state index contributed by atoms with van der Waals surface area (Å²) in [6, 6.07) is 3.92. The summed E-state index contributed by atoms with van der Waals surface area (Å²) in [4.78, 5) is 30.5. The molecule has 1 saturated heterocycles. The molecule has 1 saturated carbocycles. The van der Waals surface area contributed by atoms with Gasteiger partial charge in [0.1, 0.15) is 6.04 Å². The van der Waals surface area contributed by atoms with Crippen molar-refractivity contribution < 1.29 is 9.59 Å². The molecule has 1 unspecified atom stereocenters. The fourth-order valence-electron chi connectivity index (χ4n) is 3.91. The summed E-state index contributed by atoms with van der Waals surface area (Å²) in [5, 5.41) is 4.83. The predicted molar refractivity (Wildman–Crippen MR) is 101 cm³/mol. The average Bonchev–Trinajstić information content (AvgIpc) is 3.32. The Kier molecular flexibility index (Phi) is 6.12. The van der Waals surface area contributed by atoms with Crippen molar-refractivity contribution in [3.8, 4) is 0 Å². The molecule has 1 atom stereocenters. The molecule has 6 heteroatoms. The van der Waals surface area contributed by atoms with Gasteiger partial charge in [-0.2, -0.15) is 0 Å². The van der Waals surface area contributed by atoms with Crippen LogP contribution in [0.1, 0.15) is 49.2 Å². The van der Waals surface area contributed by atoms with Crippen molar-refractivity contribution in [2.24, 2.45) is 5.92 Å². The van der Waals surface area contributed by atoms with E-state index in [1.807, 2.05) is 30.2 Å². The van der Waals surface area contributed by atoms with Crippen LogP contribution in [-0.2, 0) is 4.79 Å². The maximum absolute atomic E-state index is 13.0. The molecule has 1 aliphatic carbocycles. The molecule has 0 aromatic carbocycles. The van der Waals surface area contributed by atoms with Crippen molar-refractivity contribution in [2.45, 2.75) is 51.6 Å². The molecule has 5 nitrogen and oxygen atoms in total. The van der Waals surface area contributed by atoms with Gasteiger partial charge < -0.3 is 10.2 Å². The van der Waals surface area contributed by atoms with Crippen LogP contribution < -0.4 is 5.32 Å². The topological polar surface area (TPSA) is 52.7 Å². The van der Waals surface area contributed by atoms with Crippen LogP contribution in [0.3, 0.4) is 0 Å². The molecule has 0 spiro atoms. The van der Waals surface area contributed by atoms with Crippen molar-refractivity contribution in [2.75, 3.05) is 26.2 Å². The van der Waals surface area contributed by atoms with E-state index >= 15 is 0 Å². The van der Waals surface area contributed by atoms with E-state index in [9.17, 15) is 9.59 Å². The van der Waals surface area contributed by atoms with Gasteiger partial charge in [0.25, 0.3) is 5.91 Å². The summed E-state index contributed by atoms with van der Waals surface area (Å²) in [5.74, 6) is -0.0121. The molecule has 0 radical (unpaired) electrons. The number of carbonyl (C=O) groups is 2. The zero-order valence-electron chi connectivity index (χ0n) is 15.2. The van der Waals surface area contributed by atoms with E-state index in [0.717, 1.165) is 32.2 Å². The summed E-state index contributed by atoms with van der Waals surface area (Å²) in [6.45, 7) is 7.44. The molecule has 3 rings (SSSR count). The lowest BCUT2D eigenvalue weighted by Gasteiger charge is -2.39. The van der Waals surface area contributed by atoms with E-state index in [-0.39, 0.29) is 17.7 Å². The van der Waals surface area contributed by atoms with Gasteiger partial charge in [0.15, 0.2) is 0 Å². The Morgan fingerprint density at radius 3 is 2.40 bits per heavy atom. The molecule has 1 aromatic rings. The van der Waals surface area contributed by atoms with Crippen molar-refractivity contribution >= 4 is 23.2 Å². The molecule has 25 heavy (non-hydrogen) atoms. The van der Waals surface area contributed by atoms with Gasteiger partial charge in [0.05, 0.1) is 4.88 Å². The van der Waals surface area contributed by atoms with Crippen LogP contribution in [0, 0.1) is 5.92 Å². The third-order valence-electron chi connectivity index (χ3n) is 5.43. The van der Waals surface area contributed by atoms with Gasteiger partial charge in [-0.05, 0) is 30.2 Å². The number of thiophene rings is 1. The maximum atomic E-state index is 13.0. The van der Waals surface area contributed by atoms with Crippen LogP contribution in [0.15, 0.2) is 17.5 Å². The Morgan fingerprint density at radius 1 is 1.16 bits per heavy atom. The number of nitrogens with zero attached hydrogens (tertiary/aromatic N) is 2. The highest BCUT2D eigenvalue weighted by atomic mass is 32.1. The van der Waals surface area contributed by atoms with Gasteiger partial charge in [-0.15, -0.1) is 11.3 Å². The number of piperazine rings is 1. The SMILES string of the molecule is CC(C)C(NC(=O)c1cccs1)C(=O)N1CCN(C2CCCC2)CC1. The highest BCUT2D eigenvalue weighted by molar-refractivity contribution is 7.12. The molecule has 2 amide bonds. The van der Waals surface area contributed by atoms with E-state index in [4.69, 9.17) is 0 Å². The van der Waals surface area contributed by atoms with Crippen LogP contribution in [0.2, 0.25) is 0 Å². The first-order valence-corrected chi connectivity index (χ1v) is 10.3. The van der Waals surface area contributed by atoms with Gasteiger partial charge >= 0.3 is 0 Å². The van der Waals surface area contributed by atoms with Gasteiger partial charge in [-0.1, -0.05) is 32.8 Å². The minimum absolute atomic E-state index is 0.0611. The third-order valence-corrected chi connectivity index (χ3v) is 6.30. The zero-order valence-corrected chi connectivity index (χ0v) is 16.1. The summed E-state index contributed by atoms with van der Waals surface area (Å²) in [5.41, 5.74) is 0. The number of rotatable bonds is 5. The first-order chi connectivity index (χ1) is 12.1. The van der Waals surface area contributed by atoms with E-state index < -0.39 is 6.04 Å². The van der Waals surface area contributed by atoms with E-state index in [1.165, 1.54) is 37.0 Å². The smallest absolute Gasteiger partial charge is 0.262 e. The average molecular weight is 364 g/mol. The Hall–Kier alpha value is -1.40. The van der Waals surface area contributed by atoms with Gasteiger partial charge in [-0.25, -0.2) is 0 Å². The quantitative estimate of drug-likeness (QED) is 0.875. The third kappa shape index (κ3) is 4.42. The predicted octanol–water partition coefficient (Wildman–Crippen LogP) is 2.59. The first-order valence-electron chi connectivity index (χ1n) is 9.43. The zero-order chi connectivity index (χ0) is 17.8. The van der Waals surface area contributed by atoms with Crippen LogP contribution in [0.25, 0.3) is 0 Å². The lowest BCUT2D eigenvalue weighted by Crippen LogP contribution is -2.57. The number of amides is 2. The monoisotopic (exact) mass is 363 g/mol. The lowest BCUT2D eigenvalue weighted by molar-refractivity contribution is -0.136. The van der Waals surface area contributed by atoms with E-state index in [2.05, 4.69) is 10.2 Å². The largest absolute Gasteiger partial charge is 0.339 e. The minimum Gasteiger partial charge on any atom is -0.339 e. The van der Waals surface area contributed by atoms with Gasteiger partial charge in [0, 0.05) is 32.2 Å². The van der Waals surface area contributed by atoms with Crippen LogP contribution in [0.5, 0.6) is 0 Å². The summed E-state index contributed by atoms with van der Waals surface area (Å²) in [7, 11) is 0. The Bertz CT molecular complexity index is 573. The fraction of sp³-hybridized carbons (Fsp3) is 0.684. The molecule has 0 bridgehead atoms. The molecule has 138 valence electrons. The molecule has 2 fully saturated rings. The van der Waals surface area contributed by atoms with Gasteiger partial charge in [0.2, 0.25) is 5.91 Å². The molecule has 1 aliphatic heterocycles. The van der Waals surface area contributed by atoms with Crippen LogP contribution in [-0.4, -0.2) is 59.9 Å². The van der Waals surface area contributed by atoms with E-state index in [0.29, 0.717) is 4.88 Å². The molecule has 2 heterocycles. The number of hydrogen-bond donors (Lipinski definition) is 1. The summed E-state index contributed by atoms with van der Waals surface area (Å²) >= 11 is 1.40. The lowest BCUT2D eigenvalue weighted by atomic mass is 10.0. The van der Waals surface area contributed by atoms with Crippen molar-refractivity contribution in [3.63, 3.8) is 0 Å². The van der Waals surface area contributed by atoms with Crippen LogP contribution >= 0.6 is 11.3 Å². The highest BCUT2D eigenvalue weighted by Gasteiger charge is 2.33. The van der Waals surface area contributed by atoms with Crippen LogP contribution in [0.4, 0.5) is 0 Å². The molecular formula is C19H29N3O2S.